The topological polar surface area (TPSA) is 170 Å². The van der Waals surface area contributed by atoms with E-state index in [0.717, 1.165) is 0 Å². The molecule has 0 aromatic rings. The Balaban J connectivity index is 1.79. The van der Waals surface area contributed by atoms with Crippen LogP contribution in [0.1, 0.15) is 34.1 Å². The fraction of sp³-hybridized carbons (Fsp3) is 0.722. The summed E-state index contributed by atoms with van der Waals surface area (Å²) in [4.78, 5) is 31.0. The molecule has 0 aromatic heterocycles. The van der Waals surface area contributed by atoms with E-state index in [1.54, 1.807) is 33.8 Å². The highest BCUT2D eigenvalue weighted by Gasteiger charge is 2.41. The molecule has 0 aliphatic carbocycles. The third kappa shape index (κ3) is 8.46. The Morgan fingerprint density at radius 2 is 1.78 bits per heavy atom. The molecule has 0 bridgehead atoms. The molecule has 0 aromatic carbocycles. The molecule has 184 valence electrons. The summed E-state index contributed by atoms with van der Waals surface area (Å²) in [5, 5.41) is 12.9. The zero-order chi connectivity index (χ0) is 24.3. The fourth-order valence-corrected chi connectivity index (χ4v) is 4.90. The summed E-state index contributed by atoms with van der Waals surface area (Å²) in [7, 11) is -8.90. The van der Waals surface area contributed by atoms with Crippen LogP contribution in [0.5, 0.6) is 0 Å². The highest BCUT2D eigenvalue weighted by Crippen LogP contribution is 2.48. The molecule has 2 heterocycles. The van der Waals surface area contributed by atoms with E-state index in [-0.39, 0.29) is 18.2 Å². The van der Waals surface area contributed by atoms with Gasteiger partial charge >= 0.3 is 15.6 Å². The normalized spacial score (nSPS) is 30.4. The zero-order valence-electron chi connectivity index (χ0n) is 18.4. The molecule has 32 heavy (non-hydrogen) atoms. The molecule has 2 rings (SSSR count). The van der Waals surface area contributed by atoms with Gasteiger partial charge in [-0.25, -0.2) is 9.13 Å². The summed E-state index contributed by atoms with van der Waals surface area (Å²) in [5.74, 6) is -0.610. The first kappa shape index (κ1) is 27.3. The van der Waals surface area contributed by atoms with Crippen molar-refractivity contribution in [2.45, 2.75) is 58.0 Å². The SMILES string of the molecule is C=C1NC(=O)C(C)=CC1C1CC(O)C(COP(=O)(O)OCCOP(=O)(O)OC(C)(C)C)O1. The van der Waals surface area contributed by atoms with Crippen molar-refractivity contribution in [2.75, 3.05) is 19.8 Å². The third-order valence-corrected chi connectivity index (χ3v) is 6.77. The molecule has 0 spiro atoms. The quantitative estimate of drug-likeness (QED) is 0.255. The molecule has 0 radical (unpaired) electrons. The number of rotatable bonds is 10. The number of phosphoric acid groups is 2. The maximum absolute atomic E-state index is 12.0. The minimum Gasteiger partial charge on any atom is -0.390 e. The molecule has 1 fully saturated rings. The van der Waals surface area contributed by atoms with E-state index >= 15 is 0 Å². The summed E-state index contributed by atoms with van der Waals surface area (Å²) in [6.45, 7) is 8.69. The van der Waals surface area contributed by atoms with Crippen LogP contribution in [0.4, 0.5) is 0 Å². The van der Waals surface area contributed by atoms with Crippen LogP contribution in [-0.2, 0) is 36.8 Å². The van der Waals surface area contributed by atoms with E-state index in [1.807, 2.05) is 0 Å². The molecule has 6 unspecified atom stereocenters. The number of carbonyl (C=O) groups is 1. The zero-order valence-corrected chi connectivity index (χ0v) is 20.2. The molecule has 12 nitrogen and oxygen atoms in total. The van der Waals surface area contributed by atoms with E-state index in [2.05, 4.69) is 16.4 Å². The Kier molecular flexibility index (Phi) is 9.03. The number of hydrogen-bond donors (Lipinski definition) is 4. The van der Waals surface area contributed by atoms with Gasteiger partial charge in [-0.2, -0.15) is 0 Å². The van der Waals surface area contributed by atoms with E-state index < -0.39 is 59.4 Å². The molecular weight excluding hydrogens is 468 g/mol. The third-order valence-electron chi connectivity index (χ3n) is 4.50. The largest absolute Gasteiger partial charge is 0.472 e. The number of phosphoric ester groups is 2. The van der Waals surface area contributed by atoms with Crippen LogP contribution in [0.15, 0.2) is 23.9 Å². The van der Waals surface area contributed by atoms with Crippen molar-refractivity contribution < 1.29 is 51.6 Å². The van der Waals surface area contributed by atoms with Crippen LogP contribution in [-0.4, -0.2) is 64.5 Å². The van der Waals surface area contributed by atoms with Crippen molar-refractivity contribution in [3.63, 3.8) is 0 Å². The van der Waals surface area contributed by atoms with Crippen LogP contribution in [0.2, 0.25) is 0 Å². The van der Waals surface area contributed by atoms with Gasteiger partial charge in [0.1, 0.15) is 6.10 Å². The lowest BCUT2D eigenvalue weighted by atomic mass is 9.91. The predicted molar refractivity (Wildman–Crippen MR) is 112 cm³/mol. The molecule has 1 saturated heterocycles. The van der Waals surface area contributed by atoms with Crippen LogP contribution >= 0.6 is 15.6 Å². The second kappa shape index (κ2) is 10.6. The molecule has 2 aliphatic rings. The molecule has 4 N–H and O–H groups in total. The lowest BCUT2D eigenvalue weighted by Crippen LogP contribution is -2.36. The standard InChI is InChI=1S/C18H31NO11P2/c1-11-8-13(12(2)19-17(11)21)15-9-14(20)16(29-15)10-28-31(22,23)26-6-7-27-32(24,25)30-18(3,4)5/h8,13-16,20H,2,6-7,9-10H2,1,3-5H3,(H,19,21)(H,22,23)(H,24,25). The molecular formula is C18H31NO11P2. The fourth-order valence-electron chi connectivity index (χ4n) is 3.13. The second-order valence-electron chi connectivity index (χ2n) is 8.47. The lowest BCUT2D eigenvalue weighted by Gasteiger charge is -2.27. The van der Waals surface area contributed by atoms with Gasteiger partial charge in [0.05, 0.1) is 37.6 Å². The van der Waals surface area contributed by atoms with Crippen molar-refractivity contribution >= 4 is 21.6 Å². The molecule has 0 saturated carbocycles. The smallest absolute Gasteiger partial charge is 0.390 e. The second-order valence-corrected chi connectivity index (χ2v) is 11.3. The lowest BCUT2D eigenvalue weighted by molar-refractivity contribution is -0.117. The maximum atomic E-state index is 12.0. The van der Waals surface area contributed by atoms with E-state index in [4.69, 9.17) is 18.3 Å². The highest BCUT2D eigenvalue weighted by atomic mass is 31.2. The van der Waals surface area contributed by atoms with Gasteiger partial charge in [0, 0.05) is 23.6 Å². The summed E-state index contributed by atoms with van der Waals surface area (Å²) >= 11 is 0. The van der Waals surface area contributed by atoms with Crippen LogP contribution in [0, 0.1) is 5.92 Å². The number of ether oxygens (including phenoxy) is 1. The number of nitrogens with one attached hydrogen (secondary N) is 1. The van der Waals surface area contributed by atoms with Gasteiger partial charge in [-0.15, -0.1) is 0 Å². The van der Waals surface area contributed by atoms with E-state index in [0.29, 0.717) is 11.3 Å². The molecule has 2 aliphatic heterocycles. The average Bonchev–Trinajstić information content (AvgIpc) is 2.99. The Morgan fingerprint density at radius 3 is 2.38 bits per heavy atom. The van der Waals surface area contributed by atoms with E-state index in [9.17, 15) is 28.8 Å². The van der Waals surface area contributed by atoms with Gasteiger partial charge in [0.25, 0.3) is 5.91 Å². The van der Waals surface area contributed by atoms with Gasteiger partial charge in [-0.3, -0.25) is 22.9 Å². The van der Waals surface area contributed by atoms with Crippen LogP contribution in [0.25, 0.3) is 0 Å². The van der Waals surface area contributed by atoms with Crippen molar-refractivity contribution in [3.05, 3.63) is 23.9 Å². The van der Waals surface area contributed by atoms with Gasteiger partial charge in [-0.1, -0.05) is 12.7 Å². The summed E-state index contributed by atoms with van der Waals surface area (Å²) in [5.41, 5.74) is 0.00743. The Bertz CT molecular complexity index is 837. The van der Waals surface area contributed by atoms with Crippen molar-refractivity contribution in [3.8, 4) is 0 Å². The maximum Gasteiger partial charge on any atom is 0.472 e. The van der Waals surface area contributed by atoms with Crippen LogP contribution in [0.3, 0.4) is 0 Å². The summed E-state index contributed by atoms with van der Waals surface area (Å²) in [6, 6.07) is 0. The number of carbonyl (C=O) groups excluding carboxylic acids is 1. The molecule has 14 heteroatoms. The minimum atomic E-state index is -4.55. The van der Waals surface area contributed by atoms with Gasteiger partial charge in [-0.05, 0) is 27.7 Å². The summed E-state index contributed by atoms with van der Waals surface area (Å²) < 4.78 is 48.6. The first-order valence-corrected chi connectivity index (χ1v) is 12.9. The molecule has 6 atom stereocenters. The Hall–Kier alpha value is -0.910. The van der Waals surface area contributed by atoms with Gasteiger partial charge in [0.2, 0.25) is 0 Å². The predicted octanol–water partition coefficient (Wildman–Crippen LogP) is 1.78. The highest BCUT2D eigenvalue weighted by molar-refractivity contribution is 7.47. The van der Waals surface area contributed by atoms with Crippen molar-refractivity contribution in [1.29, 1.82) is 0 Å². The number of aliphatic hydroxyl groups is 1. The first-order valence-electron chi connectivity index (χ1n) is 9.90. The van der Waals surface area contributed by atoms with E-state index in [1.165, 1.54) is 0 Å². The van der Waals surface area contributed by atoms with Crippen molar-refractivity contribution in [2.24, 2.45) is 5.92 Å². The van der Waals surface area contributed by atoms with Crippen LogP contribution < -0.4 is 5.32 Å². The Labute approximate surface area is 186 Å². The number of amides is 1. The van der Waals surface area contributed by atoms with Gasteiger partial charge < -0.3 is 24.9 Å². The summed E-state index contributed by atoms with van der Waals surface area (Å²) in [6.07, 6.45) is -0.475. The Morgan fingerprint density at radius 1 is 1.19 bits per heavy atom. The number of hydrogen-bond acceptors (Lipinski definition) is 9. The van der Waals surface area contributed by atoms with Gasteiger partial charge in [0.15, 0.2) is 0 Å². The first-order chi connectivity index (χ1) is 14.6. The monoisotopic (exact) mass is 499 g/mol. The minimum absolute atomic E-state index is 0.210. The number of aliphatic hydroxyl groups excluding tert-OH is 1. The molecule has 1 amide bonds. The average molecular weight is 499 g/mol. The van der Waals surface area contributed by atoms with Crippen molar-refractivity contribution in [1.82, 2.24) is 5.32 Å².